The number of hydrogen-bond donors (Lipinski definition) is 3. The molecular weight excluding hydrogens is 278 g/mol. The minimum atomic E-state index is 0.0160. The number of hydrogen-bond acceptors (Lipinski definition) is 5. The predicted octanol–water partition coefficient (Wildman–Crippen LogP) is 2.08. The van der Waals surface area contributed by atoms with Gasteiger partial charge >= 0.3 is 0 Å². The first-order valence-corrected chi connectivity index (χ1v) is 7.31. The van der Waals surface area contributed by atoms with Crippen molar-refractivity contribution in [3.05, 3.63) is 30.6 Å². The first kappa shape index (κ1) is 16.2. The number of rotatable bonds is 6. The van der Waals surface area contributed by atoms with E-state index in [1.165, 1.54) is 0 Å². The van der Waals surface area contributed by atoms with E-state index >= 15 is 0 Å². The molecule has 1 heterocycles. The normalized spacial score (nSPS) is 11.5. The van der Waals surface area contributed by atoms with Crippen molar-refractivity contribution < 1.29 is 10.3 Å². The van der Waals surface area contributed by atoms with Crippen LogP contribution < -0.4 is 16.5 Å². The van der Waals surface area contributed by atoms with E-state index in [1.54, 1.807) is 25.0 Å². The van der Waals surface area contributed by atoms with Gasteiger partial charge < -0.3 is 11.1 Å². The zero-order chi connectivity index (χ0) is 16.2. The van der Waals surface area contributed by atoms with Crippen molar-refractivity contribution in [3.63, 3.8) is 0 Å². The molecule has 0 saturated carbocycles. The third-order valence-electron chi connectivity index (χ3n) is 3.66. The lowest BCUT2D eigenvalue weighted by atomic mass is 10.0. The van der Waals surface area contributed by atoms with E-state index in [0.717, 1.165) is 28.9 Å². The number of nitrogen functional groups attached to an aromatic ring is 1. The fourth-order valence-electron chi connectivity index (χ4n) is 2.02. The van der Waals surface area contributed by atoms with Gasteiger partial charge in [-0.3, -0.25) is 0 Å². The molecule has 0 radical (unpaired) electrons. The first-order chi connectivity index (χ1) is 10.4. The van der Waals surface area contributed by atoms with Gasteiger partial charge in [0.15, 0.2) is 5.69 Å². The summed E-state index contributed by atoms with van der Waals surface area (Å²) in [5.41, 5.74) is 11.2. The topological polar surface area (TPSA) is 89.7 Å². The molecule has 0 aliphatic rings. The van der Waals surface area contributed by atoms with Crippen molar-refractivity contribution in [2.45, 2.75) is 32.7 Å². The maximum absolute atomic E-state index is 5.53. The van der Waals surface area contributed by atoms with Gasteiger partial charge in [0.1, 0.15) is 0 Å². The summed E-state index contributed by atoms with van der Waals surface area (Å²) in [6.45, 7) is 6.50. The molecule has 2 rings (SSSR count). The third kappa shape index (κ3) is 3.93. The van der Waals surface area contributed by atoms with Crippen LogP contribution in [0.1, 0.15) is 27.2 Å². The maximum Gasteiger partial charge on any atom is 0.219 e. The van der Waals surface area contributed by atoms with Gasteiger partial charge in [0, 0.05) is 29.6 Å². The molecule has 0 spiro atoms. The van der Waals surface area contributed by atoms with Crippen molar-refractivity contribution in [1.29, 1.82) is 0 Å². The Morgan fingerprint density at radius 3 is 2.50 bits per heavy atom. The molecule has 0 atom stereocenters. The zero-order valence-corrected chi connectivity index (χ0v) is 13.6. The van der Waals surface area contributed by atoms with Crippen LogP contribution in [-0.2, 0) is 4.84 Å². The standard InChI is InChI=1S/C16H23N5O/c1-5-16(2,3)20-13-7-6-11(8-14(13)21-22-4)12-9-18-15(17)19-10-12/h6-10,20-21H,5H2,1-4H3,(H2,17,18,19)/p+1. The van der Waals surface area contributed by atoms with E-state index in [0.29, 0.717) is 0 Å². The molecule has 6 nitrogen and oxygen atoms in total. The van der Waals surface area contributed by atoms with E-state index in [9.17, 15) is 0 Å². The van der Waals surface area contributed by atoms with E-state index in [1.807, 2.05) is 18.2 Å². The number of aromatic nitrogens is 2. The summed E-state index contributed by atoms with van der Waals surface area (Å²) >= 11 is 0. The minimum Gasteiger partial charge on any atom is -0.375 e. The van der Waals surface area contributed by atoms with Crippen LogP contribution in [0.2, 0.25) is 0 Å². The monoisotopic (exact) mass is 302 g/mol. The number of benzene rings is 1. The van der Waals surface area contributed by atoms with Crippen LogP contribution in [0.5, 0.6) is 0 Å². The molecule has 0 aliphatic heterocycles. The van der Waals surface area contributed by atoms with Gasteiger partial charge in [0.05, 0.1) is 12.8 Å². The van der Waals surface area contributed by atoms with Crippen LogP contribution in [0.3, 0.4) is 0 Å². The highest BCUT2D eigenvalue weighted by atomic mass is 16.6. The molecule has 0 amide bonds. The van der Waals surface area contributed by atoms with Crippen molar-refractivity contribution in [2.75, 3.05) is 18.2 Å². The van der Waals surface area contributed by atoms with Crippen LogP contribution in [0, 0.1) is 0 Å². The third-order valence-corrected chi connectivity index (χ3v) is 3.66. The molecule has 5 N–H and O–H groups in total. The van der Waals surface area contributed by atoms with Gasteiger partial charge in [-0.2, -0.15) is 5.48 Å². The van der Waals surface area contributed by atoms with Crippen LogP contribution in [-0.4, -0.2) is 22.6 Å². The average molecular weight is 302 g/mol. The molecular formula is C16H24N5O+. The molecule has 0 fully saturated rings. The number of nitrogens with two attached hydrogens (primary N) is 2. The lowest BCUT2D eigenvalue weighted by molar-refractivity contribution is -0.829. The summed E-state index contributed by atoms with van der Waals surface area (Å²) in [5, 5.41) is 3.55. The molecule has 118 valence electrons. The summed E-state index contributed by atoms with van der Waals surface area (Å²) < 4.78 is 0. The summed E-state index contributed by atoms with van der Waals surface area (Å²) in [6.07, 6.45) is 4.46. The Kier molecular flexibility index (Phi) is 4.95. The number of nitrogens with zero attached hydrogens (tertiary/aromatic N) is 2. The zero-order valence-electron chi connectivity index (χ0n) is 13.6. The highest BCUT2D eigenvalue weighted by molar-refractivity contribution is 5.72. The predicted molar refractivity (Wildman–Crippen MR) is 88.5 cm³/mol. The van der Waals surface area contributed by atoms with Gasteiger partial charge in [-0.15, -0.1) is 0 Å². The van der Waals surface area contributed by atoms with Gasteiger partial charge in [-0.05, 0) is 31.9 Å². The highest BCUT2D eigenvalue weighted by Gasteiger charge is 2.18. The number of nitrogens with one attached hydrogen (secondary N) is 1. The fraction of sp³-hybridized carbons (Fsp3) is 0.375. The smallest absolute Gasteiger partial charge is 0.219 e. The summed E-state index contributed by atoms with van der Waals surface area (Å²) in [6, 6.07) is 6.14. The Balaban J connectivity index is 2.36. The van der Waals surface area contributed by atoms with Crippen LogP contribution in [0.15, 0.2) is 30.6 Å². The Labute approximate surface area is 131 Å². The average Bonchev–Trinajstić information content (AvgIpc) is 2.50. The van der Waals surface area contributed by atoms with Crippen molar-refractivity contribution in [2.24, 2.45) is 0 Å². The Morgan fingerprint density at radius 1 is 1.23 bits per heavy atom. The van der Waals surface area contributed by atoms with Crippen LogP contribution in [0.25, 0.3) is 11.1 Å². The minimum absolute atomic E-state index is 0.0160. The summed E-state index contributed by atoms with van der Waals surface area (Å²) in [5.74, 6) is 0.274. The maximum atomic E-state index is 5.53. The molecule has 0 unspecified atom stereocenters. The second kappa shape index (κ2) is 6.72. The Morgan fingerprint density at radius 2 is 1.91 bits per heavy atom. The second-order valence-corrected chi connectivity index (χ2v) is 5.85. The van der Waals surface area contributed by atoms with E-state index in [2.05, 4.69) is 36.1 Å². The quantitative estimate of drug-likeness (QED) is 0.561. The fourth-order valence-corrected chi connectivity index (χ4v) is 2.02. The molecule has 0 aliphatic carbocycles. The Bertz CT molecular complexity index is 625. The largest absolute Gasteiger partial charge is 0.375 e. The first-order valence-electron chi connectivity index (χ1n) is 7.31. The molecule has 0 saturated heterocycles. The lowest BCUT2D eigenvalue weighted by Crippen LogP contribution is -2.76. The van der Waals surface area contributed by atoms with Crippen LogP contribution >= 0.6 is 0 Å². The molecule has 22 heavy (non-hydrogen) atoms. The summed E-state index contributed by atoms with van der Waals surface area (Å²) in [4.78, 5) is 13.3. The van der Waals surface area contributed by atoms with Gasteiger partial charge in [-0.1, -0.05) is 13.0 Å². The van der Waals surface area contributed by atoms with E-state index in [-0.39, 0.29) is 11.5 Å². The van der Waals surface area contributed by atoms with Gasteiger partial charge in [0.25, 0.3) is 0 Å². The van der Waals surface area contributed by atoms with Crippen molar-refractivity contribution in [1.82, 2.24) is 9.97 Å². The lowest BCUT2D eigenvalue weighted by Gasteiger charge is -2.26. The Hall–Kier alpha value is -2.18. The van der Waals surface area contributed by atoms with Crippen molar-refractivity contribution >= 4 is 17.3 Å². The number of quaternary nitrogens is 1. The second-order valence-electron chi connectivity index (χ2n) is 5.85. The van der Waals surface area contributed by atoms with Crippen LogP contribution in [0.4, 0.5) is 17.3 Å². The molecule has 2 aromatic rings. The van der Waals surface area contributed by atoms with E-state index in [4.69, 9.17) is 10.6 Å². The molecule has 1 aromatic heterocycles. The number of anilines is 2. The molecule has 1 aromatic carbocycles. The molecule has 6 heteroatoms. The van der Waals surface area contributed by atoms with Crippen molar-refractivity contribution in [3.8, 4) is 11.1 Å². The molecule has 0 bridgehead atoms. The summed E-state index contributed by atoms with van der Waals surface area (Å²) in [7, 11) is 1.65. The van der Waals surface area contributed by atoms with E-state index < -0.39 is 0 Å². The van der Waals surface area contributed by atoms with Gasteiger partial charge in [0.2, 0.25) is 5.95 Å². The van der Waals surface area contributed by atoms with Gasteiger partial charge in [-0.25, -0.2) is 14.8 Å². The highest BCUT2D eigenvalue weighted by Crippen LogP contribution is 2.28. The SMILES string of the molecule is CCC(C)(C)Nc1ccc(-c2cnc(N)nc2)cc1[NH2+]OC.